The van der Waals surface area contributed by atoms with Gasteiger partial charge in [0.1, 0.15) is 6.33 Å². The number of hydrogen-bond acceptors (Lipinski definition) is 3. The summed E-state index contributed by atoms with van der Waals surface area (Å²) >= 11 is 2.34. The van der Waals surface area contributed by atoms with E-state index in [4.69, 9.17) is 0 Å². The van der Waals surface area contributed by atoms with Gasteiger partial charge >= 0.3 is 0 Å². The Kier molecular flexibility index (Phi) is 2.27. The monoisotopic (exact) mass is 275 g/mol. The van der Waals surface area contributed by atoms with Crippen LogP contribution >= 0.6 is 22.9 Å². The molecule has 2 heterocycles. The zero-order valence-corrected chi connectivity index (χ0v) is 9.08. The lowest BCUT2D eigenvalue weighted by molar-refractivity contribution is 0.467. The third-order valence-corrected chi connectivity index (χ3v) is 3.00. The maximum Gasteiger partial charge on any atom is 0.115 e. The maximum atomic E-state index is 4.27. The molecule has 4 heteroatoms. The minimum absolute atomic E-state index is 0.958. The third kappa shape index (κ3) is 1.45. The van der Waals surface area contributed by atoms with Crippen molar-refractivity contribution in [1.29, 1.82) is 0 Å². The summed E-state index contributed by atoms with van der Waals surface area (Å²) in [5.74, 6) is 0. The van der Waals surface area contributed by atoms with E-state index in [1.807, 2.05) is 0 Å². The Morgan fingerprint density at radius 2 is 2.33 bits per heavy atom. The first-order valence-electron chi connectivity index (χ1n) is 3.97. The maximum absolute atomic E-state index is 4.27. The fraction of sp³-hybridized carbons (Fsp3) is 0.500. The molecule has 0 saturated carbocycles. The minimum Gasteiger partial charge on any atom is -0.241 e. The number of hydrogen-bond donors (Lipinski definition) is 0. The largest absolute Gasteiger partial charge is 0.241 e. The van der Waals surface area contributed by atoms with Crippen molar-refractivity contribution in [2.45, 2.75) is 19.9 Å². The minimum atomic E-state index is 0.958. The second kappa shape index (κ2) is 3.26. The molecule has 0 radical (unpaired) electrons. The van der Waals surface area contributed by atoms with Crippen molar-refractivity contribution < 1.29 is 0 Å². The molecule has 0 saturated heterocycles. The highest BCUT2D eigenvalue weighted by molar-refractivity contribution is 14.1. The van der Waals surface area contributed by atoms with E-state index in [2.05, 4.69) is 42.9 Å². The molecular formula is C8H10IN3. The quantitative estimate of drug-likeness (QED) is 0.530. The predicted octanol–water partition coefficient (Wildman–Crippen LogP) is 1.49. The summed E-state index contributed by atoms with van der Waals surface area (Å²) in [6, 6.07) is 0. The molecule has 0 bridgehead atoms. The molecule has 0 aromatic carbocycles. The molecule has 64 valence electrons. The lowest BCUT2D eigenvalue weighted by atomic mass is 10.1. The van der Waals surface area contributed by atoms with Crippen molar-refractivity contribution in [2.75, 3.05) is 6.54 Å². The molecular weight excluding hydrogens is 265 g/mol. The third-order valence-electron chi connectivity index (χ3n) is 2.18. The van der Waals surface area contributed by atoms with Crippen LogP contribution in [0.25, 0.3) is 0 Å². The van der Waals surface area contributed by atoms with Crippen molar-refractivity contribution >= 4 is 22.9 Å². The SMILES string of the molecule is Cc1ncnc2c1CCN(I)C2. The summed E-state index contributed by atoms with van der Waals surface area (Å²) in [4.78, 5) is 8.46. The van der Waals surface area contributed by atoms with Gasteiger partial charge in [0, 0.05) is 35.1 Å². The molecule has 0 spiro atoms. The van der Waals surface area contributed by atoms with E-state index in [1.54, 1.807) is 6.33 Å². The Morgan fingerprint density at radius 1 is 1.50 bits per heavy atom. The van der Waals surface area contributed by atoms with Gasteiger partial charge < -0.3 is 0 Å². The summed E-state index contributed by atoms with van der Waals surface area (Å²) in [6.07, 6.45) is 2.74. The highest BCUT2D eigenvalue weighted by atomic mass is 127. The molecule has 0 aliphatic carbocycles. The van der Waals surface area contributed by atoms with Crippen molar-refractivity contribution in [3.05, 3.63) is 23.3 Å². The van der Waals surface area contributed by atoms with Crippen molar-refractivity contribution in [3.8, 4) is 0 Å². The van der Waals surface area contributed by atoms with Crippen LogP contribution in [0.3, 0.4) is 0 Å². The molecule has 0 amide bonds. The van der Waals surface area contributed by atoms with E-state index >= 15 is 0 Å². The Balaban J connectivity index is 2.42. The normalized spacial score (nSPS) is 17.5. The van der Waals surface area contributed by atoms with E-state index in [0.717, 1.165) is 25.2 Å². The van der Waals surface area contributed by atoms with Gasteiger partial charge in [0.05, 0.1) is 12.2 Å². The van der Waals surface area contributed by atoms with Crippen LogP contribution in [0.2, 0.25) is 0 Å². The first-order chi connectivity index (χ1) is 5.77. The number of fused-ring (bicyclic) bond motifs is 1. The van der Waals surface area contributed by atoms with E-state index in [9.17, 15) is 0 Å². The van der Waals surface area contributed by atoms with Gasteiger partial charge in [0.25, 0.3) is 0 Å². The lowest BCUT2D eigenvalue weighted by Gasteiger charge is -2.22. The van der Waals surface area contributed by atoms with E-state index in [0.29, 0.717) is 0 Å². The molecule has 12 heavy (non-hydrogen) atoms. The fourth-order valence-corrected chi connectivity index (χ4v) is 2.05. The topological polar surface area (TPSA) is 29.0 Å². The van der Waals surface area contributed by atoms with Crippen LogP contribution in [-0.2, 0) is 13.0 Å². The van der Waals surface area contributed by atoms with Gasteiger partial charge in [-0.2, -0.15) is 0 Å². The first-order valence-corrected chi connectivity index (χ1v) is 4.94. The molecule has 1 aromatic rings. The fourth-order valence-electron chi connectivity index (χ4n) is 1.49. The highest BCUT2D eigenvalue weighted by Crippen LogP contribution is 2.20. The molecule has 3 nitrogen and oxygen atoms in total. The molecule has 1 aliphatic rings. The highest BCUT2D eigenvalue weighted by Gasteiger charge is 2.16. The van der Waals surface area contributed by atoms with Crippen LogP contribution in [0.15, 0.2) is 6.33 Å². The molecule has 0 fully saturated rings. The molecule has 1 aromatic heterocycles. The predicted molar refractivity (Wildman–Crippen MR) is 54.9 cm³/mol. The molecule has 2 rings (SSSR count). The lowest BCUT2D eigenvalue weighted by Crippen LogP contribution is -2.23. The molecule has 0 N–H and O–H groups in total. The van der Waals surface area contributed by atoms with Gasteiger partial charge in [-0.15, -0.1) is 0 Å². The van der Waals surface area contributed by atoms with Crippen LogP contribution in [0, 0.1) is 6.92 Å². The number of aromatic nitrogens is 2. The summed E-state index contributed by atoms with van der Waals surface area (Å²) in [7, 11) is 0. The number of halogens is 1. The van der Waals surface area contributed by atoms with E-state index in [-0.39, 0.29) is 0 Å². The van der Waals surface area contributed by atoms with Gasteiger partial charge in [0.15, 0.2) is 0 Å². The van der Waals surface area contributed by atoms with Crippen LogP contribution in [0.4, 0.5) is 0 Å². The summed E-state index contributed by atoms with van der Waals surface area (Å²) in [5, 5.41) is 0. The van der Waals surface area contributed by atoms with Crippen molar-refractivity contribution in [2.24, 2.45) is 0 Å². The number of nitrogens with zero attached hydrogens (tertiary/aromatic N) is 3. The standard InChI is InChI=1S/C8H10IN3/c1-6-7-2-3-12(9)4-8(7)11-5-10-6/h5H,2-4H2,1H3. The summed E-state index contributed by atoms with van der Waals surface area (Å²) < 4.78 is 2.26. The zero-order valence-electron chi connectivity index (χ0n) is 6.92. The van der Waals surface area contributed by atoms with Gasteiger partial charge in [0.2, 0.25) is 0 Å². The van der Waals surface area contributed by atoms with Crippen molar-refractivity contribution in [3.63, 3.8) is 0 Å². The summed E-state index contributed by atoms with van der Waals surface area (Å²) in [5.41, 5.74) is 3.69. The van der Waals surface area contributed by atoms with E-state index in [1.165, 1.54) is 11.3 Å². The van der Waals surface area contributed by atoms with Crippen LogP contribution in [-0.4, -0.2) is 19.6 Å². The van der Waals surface area contributed by atoms with Gasteiger partial charge in [-0.1, -0.05) is 0 Å². The van der Waals surface area contributed by atoms with Crippen LogP contribution in [0.1, 0.15) is 17.0 Å². The van der Waals surface area contributed by atoms with E-state index < -0.39 is 0 Å². The second-order valence-corrected chi connectivity index (χ2v) is 4.34. The average Bonchev–Trinajstić information content (AvgIpc) is 2.04. The molecule has 1 aliphatic heterocycles. The molecule has 0 atom stereocenters. The van der Waals surface area contributed by atoms with Crippen LogP contribution in [0.5, 0.6) is 0 Å². The first kappa shape index (κ1) is 8.37. The summed E-state index contributed by atoms with van der Waals surface area (Å²) in [6.45, 7) is 4.13. The average molecular weight is 275 g/mol. The Morgan fingerprint density at radius 3 is 3.17 bits per heavy atom. The Hall–Kier alpha value is -0.230. The Labute approximate surface area is 85.7 Å². The van der Waals surface area contributed by atoms with Gasteiger partial charge in [-0.05, 0) is 18.9 Å². The van der Waals surface area contributed by atoms with Gasteiger partial charge in [-0.3, -0.25) is 0 Å². The van der Waals surface area contributed by atoms with Gasteiger partial charge in [-0.25, -0.2) is 13.1 Å². The number of rotatable bonds is 0. The van der Waals surface area contributed by atoms with Crippen LogP contribution < -0.4 is 0 Å². The molecule has 0 unspecified atom stereocenters. The zero-order chi connectivity index (χ0) is 8.55. The van der Waals surface area contributed by atoms with Crippen molar-refractivity contribution in [1.82, 2.24) is 13.1 Å². The second-order valence-electron chi connectivity index (χ2n) is 2.98. The smallest absolute Gasteiger partial charge is 0.115 e. The number of aryl methyl sites for hydroxylation is 1. The Bertz CT molecular complexity index is 300.